The van der Waals surface area contributed by atoms with Crippen LogP contribution in [0.3, 0.4) is 0 Å². The molecule has 1 N–H and O–H groups in total. The summed E-state index contributed by atoms with van der Waals surface area (Å²) in [5.41, 5.74) is 2.07. The maximum absolute atomic E-state index is 12.9. The zero-order valence-electron chi connectivity index (χ0n) is 15.9. The number of hydrogen-bond donors (Lipinski definition) is 1. The molecule has 0 unspecified atom stereocenters. The lowest BCUT2D eigenvalue weighted by molar-refractivity contribution is -0.127. The molecule has 29 heavy (non-hydrogen) atoms. The normalized spacial score (nSPS) is 18.6. The minimum atomic E-state index is -3.94. The van der Waals surface area contributed by atoms with E-state index in [1.54, 1.807) is 23.1 Å². The standard InChI is InChI=1S/C20H21ClN2O5S/c1-27-17-7-5-14(21)11-19(17)29(25,26)22-15-6-4-13-8-9-23(16(13)12-15)20(24)18-3-2-10-28-18/h4-7,11-12,18,22H,2-3,8-10H2,1H3/t18-/m0/s1. The van der Waals surface area contributed by atoms with Gasteiger partial charge in [-0.25, -0.2) is 8.42 Å². The molecule has 2 heterocycles. The van der Waals surface area contributed by atoms with Crippen molar-refractivity contribution in [1.29, 1.82) is 0 Å². The van der Waals surface area contributed by atoms with E-state index in [2.05, 4.69) is 4.72 Å². The summed E-state index contributed by atoms with van der Waals surface area (Å²) in [7, 11) is -2.54. The monoisotopic (exact) mass is 436 g/mol. The van der Waals surface area contributed by atoms with Crippen molar-refractivity contribution < 1.29 is 22.7 Å². The molecule has 1 fully saturated rings. The fourth-order valence-electron chi connectivity index (χ4n) is 3.69. The minimum absolute atomic E-state index is 0.0553. The molecule has 2 aliphatic rings. The van der Waals surface area contributed by atoms with Crippen LogP contribution in [0, 0.1) is 0 Å². The van der Waals surface area contributed by atoms with Gasteiger partial charge >= 0.3 is 0 Å². The Morgan fingerprint density at radius 2 is 2.10 bits per heavy atom. The first kappa shape index (κ1) is 20.0. The molecular weight excluding hydrogens is 416 g/mol. The van der Waals surface area contributed by atoms with Crippen LogP contribution in [0.2, 0.25) is 5.02 Å². The number of benzene rings is 2. The van der Waals surface area contributed by atoms with E-state index in [4.69, 9.17) is 21.1 Å². The summed E-state index contributed by atoms with van der Waals surface area (Å²) in [4.78, 5) is 14.4. The van der Waals surface area contributed by atoms with Crippen LogP contribution in [0.5, 0.6) is 5.75 Å². The van der Waals surface area contributed by atoms with Crippen LogP contribution in [0.4, 0.5) is 11.4 Å². The van der Waals surface area contributed by atoms with Crippen LogP contribution < -0.4 is 14.4 Å². The van der Waals surface area contributed by atoms with E-state index < -0.39 is 16.1 Å². The van der Waals surface area contributed by atoms with Crippen molar-refractivity contribution in [2.75, 3.05) is 29.9 Å². The van der Waals surface area contributed by atoms with Crippen LogP contribution in [0.25, 0.3) is 0 Å². The topological polar surface area (TPSA) is 84.9 Å². The van der Waals surface area contributed by atoms with Crippen LogP contribution in [0.1, 0.15) is 18.4 Å². The second-order valence-corrected chi connectivity index (χ2v) is 9.07. The van der Waals surface area contributed by atoms with Gasteiger partial charge < -0.3 is 14.4 Å². The van der Waals surface area contributed by atoms with Gasteiger partial charge in [0.25, 0.3) is 15.9 Å². The van der Waals surface area contributed by atoms with Crippen molar-refractivity contribution in [1.82, 2.24) is 0 Å². The van der Waals surface area contributed by atoms with Gasteiger partial charge in [0.15, 0.2) is 0 Å². The smallest absolute Gasteiger partial charge is 0.265 e. The highest BCUT2D eigenvalue weighted by atomic mass is 35.5. The minimum Gasteiger partial charge on any atom is -0.495 e. The molecule has 0 aliphatic carbocycles. The van der Waals surface area contributed by atoms with Crippen LogP contribution in [-0.4, -0.2) is 40.7 Å². The maximum Gasteiger partial charge on any atom is 0.265 e. The first-order chi connectivity index (χ1) is 13.9. The van der Waals surface area contributed by atoms with E-state index in [9.17, 15) is 13.2 Å². The number of fused-ring (bicyclic) bond motifs is 1. The molecule has 2 aliphatic heterocycles. The number of carbonyl (C=O) groups is 1. The Labute approximate surface area is 174 Å². The highest BCUT2D eigenvalue weighted by molar-refractivity contribution is 7.92. The fraction of sp³-hybridized carbons (Fsp3) is 0.350. The number of nitrogens with one attached hydrogen (secondary N) is 1. The van der Waals surface area contributed by atoms with Crippen LogP contribution >= 0.6 is 11.6 Å². The number of anilines is 2. The van der Waals surface area contributed by atoms with Gasteiger partial charge in [-0.2, -0.15) is 0 Å². The molecule has 0 radical (unpaired) electrons. The quantitative estimate of drug-likeness (QED) is 0.777. The Morgan fingerprint density at radius 3 is 2.83 bits per heavy atom. The average Bonchev–Trinajstić information content (AvgIpc) is 3.37. The number of halogens is 1. The van der Waals surface area contributed by atoms with Crippen LogP contribution in [0.15, 0.2) is 41.3 Å². The lowest BCUT2D eigenvalue weighted by Crippen LogP contribution is -2.37. The predicted octanol–water partition coefficient (Wildman–Crippen LogP) is 3.22. The summed E-state index contributed by atoms with van der Waals surface area (Å²) >= 11 is 5.97. The molecule has 2 aromatic rings. The Balaban J connectivity index is 1.62. The molecule has 0 saturated carbocycles. The molecule has 1 atom stereocenters. The average molecular weight is 437 g/mol. The van der Waals surface area contributed by atoms with Crippen molar-refractivity contribution in [3.05, 3.63) is 47.0 Å². The number of methoxy groups -OCH3 is 1. The first-order valence-corrected chi connectivity index (χ1v) is 11.2. The highest BCUT2D eigenvalue weighted by Crippen LogP contribution is 2.34. The number of amides is 1. The molecule has 7 nitrogen and oxygen atoms in total. The van der Waals surface area contributed by atoms with E-state index in [0.717, 1.165) is 18.4 Å². The van der Waals surface area contributed by atoms with Gasteiger partial charge in [-0.1, -0.05) is 17.7 Å². The Kier molecular flexibility index (Phi) is 5.42. The zero-order valence-corrected chi connectivity index (χ0v) is 17.4. The molecule has 0 bridgehead atoms. The number of nitrogens with zero attached hydrogens (tertiary/aromatic N) is 1. The molecule has 1 saturated heterocycles. The number of rotatable bonds is 5. The highest BCUT2D eigenvalue weighted by Gasteiger charge is 2.33. The fourth-order valence-corrected chi connectivity index (χ4v) is 5.17. The lowest BCUT2D eigenvalue weighted by atomic mass is 10.1. The van der Waals surface area contributed by atoms with E-state index >= 15 is 0 Å². The largest absolute Gasteiger partial charge is 0.495 e. The van der Waals surface area contributed by atoms with E-state index in [0.29, 0.717) is 30.9 Å². The van der Waals surface area contributed by atoms with Gasteiger partial charge in [0, 0.05) is 23.9 Å². The Morgan fingerprint density at radius 1 is 1.28 bits per heavy atom. The lowest BCUT2D eigenvalue weighted by Gasteiger charge is -2.21. The summed E-state index contributed by atoms with van der Waals surface area (Å²) in [5, 5.41) is 0.286. The number of carbonyl (C=O) groups excluding carboxylic acids is 1. The van der Waals surface area contributed by atoms with Gasteiger partial charge in [0.05, 0.1) is 12.8 Å². The maximum atomic E-state index is 12.9. The number of hydrogen-bond acceptors (Lipinski definition) is 5. The van der Waals surface area contributed by atoms with E-state index in [1.807, 2.05) is 6.07 Å². The van der Waals surface area contributed by atoms with Crippen molar-refractivity contribution in [2.45, 2.75) is 30.3 Å². The molecular formula is C20H21ClN2O5S. The predicted molar refractivity (Wildman–Crippen MR) is 110 cm³/mol. The van der Waals surface area contributed by atoms with Crippen LogP contribution in [-0.2, 0) is 26.0 Å². The molecule has 9 heteroatoms. The van der Waals surface area contributed by atoms with E-state index in [-0.39, 0.29) is 21.6 Å². The second-order valence-electron chi connectivity index (χ2n) is 6.99. The summed E-state index contributed by atoms with van der Waals surface area (Å²) in [6.45, 7) is 1.16. The van der Waals surface area contributed by atoms with Gasteiger partial charge in [0.1, 0.15) is 16.7 Å². The first-order valence-electron chi connectivity index (χ1n) is 9.31. The number of sulfonamides is 1. The van der Waals surface area contributed by atoms with Crippen molar-refractivity contribution in [3.63, 3.8) is 0 Å². The second kappa shape index (κ2) is 7.85. The third kappa shape index (κ3) is 3.92. The summed E-state index contributed by atoms with van der Waals surface area (Å²) in [6, 6.07) is 9.61. The number of ether oxygens (including phenoxy) is 2. The SMILES string of the molecule is COc1ccc(Cl)cc1S(=O)(=O)Nc1ccc2c(c1)N(C(=O)[C@@H]1CCCO1)CC2. The summed E-state index contributed by atoms with van der Waals surface area (Å²) < 4.78 is 39.1. The van der Waals surface area contributed by atoms with E-state index in [1.165, 1.54) is 19.2 Å². The molecule has 154 valence electrons. The molecule has 0 aromatic heterocycles. The molecule has 1 amide bonds. The zero-order chi connectivity index (χ0) is 20.6. The Bertz CT molecular complexity index is 1050. The van der Waals surface area contributed by atoms with Gasteiger partial charge in [0.2, 0.25) is 0 Å². The Hall–Kier alpha value is -2.29. The van der Waals surface area contributed by atoms with Gasteiger partial charge in [-0.05, 0) is 55.2 Å². The molecule has 0 spiro atoms. The third-order valence-electron chi connectivity index (χ3n) is 5.12. The third-order valence-corrected chi connectivity index (χ3v) is 6.76. The van der Waals surface area contributed by atoms with Crippen molar-refractivity contribution in [2.24, 2.45) is 0 Å². The van der Waals surface area contributed by atoms with Gasteiger partial charge in [-0.3, -0.25) is 9.52 Å². The van der Waals surface area contributed by atoms with Gasteiger partial charge in [-0.15, -0.1) is 0 Å². The molecule has 2 aromatic carbocycles. The summed E-state index contributed by atoms with van der Waals surface area (Å²) in [5.74, 6) is 0.121. The molecule has 4 rings (SSSR count). The summed E-state index contributed by atoms with van der Waals surface area (Å²) in [6.07, 6.45) is 1.89. The van der Waals surface area contributed by atoms with Crippen molar-refractivity contribution >= 4 is 38.9 Å². The van der Waals surface area contributed by atoms with Crippen molar-refractivity contribution in [3.8, 4) is 5.75 Å².